The predicted octanol–water partition coefficient (Wildman–Crippen LogP) is 2.86. The van der Waals surface area contributed by atoms with E-state index in [1.165, 1.54) is 11.1 Å². The zero-order chi connectivity index (χ0) is 20.1. The molecule has 3 heterocycles. The molecule has 0 N–H and O–H groups in total. The highest BCUT2D eigenvalue weighted by Gasteiger charge is 2.25. The SMILES string of the molecule is Cn1ccc(C2CCN(CC3CN(Cc4ccccc4)CCCO3)CC2)cc1=O. The van der Waals surface area contributed by atoms with Crippen LogP contribution in [0, 0.1) is 0 Å². The van der Waals surface area contributed by atoms with Gasteiger partial charge in [-0.25, -0.2) is 0 Å². The molecular formula is C24H33N3O2. The highest BCUT2D eigenvalue weighted by molar-refractivity contribution is 5.17. The van der Waals surface area contributed by atoms with E-state index in [-0.39, 0.29) is 11.7 Å². The monoisotopic (exact) mass is 395 g/mol. The molecule has 2 fully saturated rings. The lowest BCUT2D eigenvalue weighted by atomic mass is 9.90. The van der Waals surface area contributed by atoms with Crippen molar-refractivity contribution in [2.45, 2.75) is 37.8 Å². The van der Waals surface area contributed by atoms with Gasteiger partial charge < -0.3 is 14.2 Å². The number of hydrogen-bond acceptors (Lipinski definition) is 4. The largest absolute Gasteiger partial charge is 0.376 e. The molecule has 0 bridgehead atoms. The Hall–Kier alpha value is -1.95. The van der Waals surface area contributed by atoms with E-state index in [0.717, 1.165) is 65.1 Å². The number of aryl methyl sites for hydroxylation is 1. The molecule has 1 aromatic carbocycles. The summed E-state index contributed by atoms with van der Waals surface area (Å²) >= 11 is 0. The molecule has 1 unspecified atom stereocenters. The fourth-order valence-corrected chi connectivity index (χ4v) is 4.62. The van der Waals surface area contributed by atoms with Crippen molar-refractivity contribution < 1.29 is 4.74 Å². The standard InChI is InChI=1S/C24H33N3O2/c1-25-12-8-22(16-24(25)28)21-9-13-26(14-10-21)18-23-19-27(11-5-15-29-23)17-20-6-3-2-4-7-20/h2-4,6-8,12,16,21,23H,5,9-11,13-15,17-19H2,1H3. The first kappa shape index (κ1) is 20.3. The minimum atomic E-state index is 0.0929. The average Bonchev–Trinajstić information content (AvgIpc) is 2.96. The van der Waals surface area contributed by atoms with Crippen molar-refractivity contribution in [3.05, 3.63) is 70.1 Å². The maximum Gasteiger partial charge on any atom is 0.250 e. The van der Waals surface area contributed by atoms with Crippen molar-refractivity contribution in [2.24, 2.45) is 7.05 Å². The Morgan fingerprint density at radius 2 is 1.83 bits per heavy atom. The van der Waals surface area contributed by atoms with E-state index >= 15 is 0 Å². The third-order valence-electron chi connectivity index (χ3n) is 6.33. The summed E-state index contributed by atoms with van der Waals surface area (Å²) in [4.78, 5) is 17.0. The molecule has 2 aliphatic rings. The van der Waals surface area contributed by atoms with Crippen LogP contribution < -0.4 is 5.56 Å². The zero-order valence-corrected chi connectivity index (χ0v) is 17.5. The zero-order valence-electron chi connectivity index (χ0n) is 17.5. The lowest BCUT2D eigenvalue weighted by molar-refractivity contribution is 0.0203. The molecule has 0 saturated carbocycles. The second-order valence-electron chi connectivity index (χ2n) is 8.55. The molecule has 2 saturated heterocycles. The molecule has 156 valence electrons. The Bertz CT molecular complexity index is 828. The molecule has 0 spiro atoms. The molecule has 4 rings (SSSR count). The minimum absolute atomic E-state index is 0.0929. The Balaban J connectivity index is 1.28. The van der Waals surface area contributed by atoms with Gasteiger partial charge in [0.2, 0.25) is 0 Å². The highest BCUT2D eigenvalue weighted by Crippen LogP contribution is 2.27. The van der Waals surface area contributed by atoms with Crippen LogP contribution in [0.25, 0.3) is 0 Å². The number of likely N-dealkylation sites (tertiary alicyclic amines) is 1. The first-order valence-electron chi connectivity index (χ1n) is 10.9. The molecule has 29 heavy (non-hydrogen) atoms. The number of nitrogens with zero attached hydrogens (tertiary/aromatic N) is 3. The van der Waals surface area contributed by atoms with Gasteiger partial charge in [-0.15, -0.1) is 0 Å². The van der Waals surface area contributed by atoms with Gasteiger partial charge in [-0.05, 0) is 55.5 Å². The number of piperidine rings is 1. The van der Waals surface area contributed by atoms with Crippen molar-refractivity contribution in [3.8, 4) is 0 Å². The number of ether oxygens (including phenoxy) is 1. The average molecular weight is 396 g/mol. The van der Waals surface area contributed by atoms with Crippen LogP contribution in [0.2, 0.25) is 0 Å². The lowest BCUT2D eigenvalue weighted by Gasteiger charge is -2.35. The smallest absolute Gasteiger partial charge is 0.250 e. The van der Waals surface area contributed by atoms with Crippen LogP contribution in [0.1, 0.15) is 36.3 Å². The summed E-state index contributed by atoms with van der Waals surface area (Å²) in [6, 6.07) is 14.7. The summed E-state index contributed by atoms with van der Waals surface area (Å²) in [5.41, 5.74) is 2.67. The maximum absolute atomic E-state index is 11.9. The van der Waals surface area contributed by atoms with Crippen LogP contribution >= 0.6 is 0 Å². The summed E-state index contributed by atoms with van der Waals surface area (Å²) in [7, 11) is 1.81. The van der Waals surface area contributed by atoms with Gasteiger partial charge in [-0.1, -0.05) is 30.3 Å². The van der Waals surface area contributed by atoms with Crippen molar-refractivity contribution in [2.75, 3.05) is 39.3 Å². The number of hydrogen-bond donors (Lipinski definition) is 0. The number of aromatic nitrogens is 1. The number of benzene rings is 1. The van der Waals surface area contributed by atoms with Crippen LogP contribution in [-0.2, 0) is 18.3 Å². The fraction of sp³-hybridized carbons (Fsp3) is 0.542. The number of pyridine rings is 1. The molecule has 1 atom stereocenters. The van der Waals surface area contributed by atoms with Crippen molar-refractivity contribution >= 4 is 0 Å². The van der Waals surface area contributed by atoms with Crippen molar-refractivity contribution in [1.29, 1.82) is 0 Å². The van der Waals surface area contributed by atoms with Gasteiger partial charge >= 0.3 is 0 Å². The Morgan fingerprint density at radius 3 is 2.59 bits per heavy atom. The van der Waals surface area contributed by atoms with Gasteiger partial charge in [0.25, 0.3) is 5.56 Å². The molecule has 5 nitrogen and oxygen atoms in total. The van der Waals surface area contributed by atoms with E-state index in [9.17, 15) is 4.79 Å². The summed E-state index contributed by atoms with van der Waals surface area (Å²) in [5, 5.41) is 0. The Morgan fingerprint density at radius 1 is 1.03 bits per heavy atom. The van der Waals surface area contributed by atoms with Crippen LogP contribution in [-0.4, -0.2) is 59.8 Å². The molecular weight excluding hydrogens is 362 g/mol. The van der Waals surface area contributed by atoms with E-state index in [4.69, 9.17) is 4.74 Å². The summed E-state index contributed by atoms with van der Waals surface area (Å²) < 4.78 is 7.83. The predicted molar refractivity (Wildman–Crippen MR) is 116 cm³/mol. The normalized spacial score (nSPS) is 22.4. The summed E-state index contributed by atoms with van der Waals surface area (Å²) in [6.07, 6.45) is 5.52. The van der Waals surface area contributed by atoms with Gasteiger partial charge in [-0.3, -0.25) is 9.69 Å². The Labute approximate surface area is 173 Å². The highest BCUT2D eigenvalue weighted by atomic mass is 16.5. The van der Waals surface area contributed by atoms with Crippen molar-refractivity contribution in [3.63, 3.8) is 0 Å². The fourth-order valence-electron chi connectivity index (χ4n) is 4.62. The third kappa shape index (κ3) is 5.56. The quantitative estimate of drug-likeness (QED) is 0.780. The van der Waals surface area contributed by atoms with Crippen molar-refractivity contribution in [1.82, 2.24) is 14.4 Å². The molecule has 1 aromatic heterocycles. The second-order valence-corrected chi connectivity index (χ2v) is 8.55. The van der Waals surface area contributed by atoms with Gasteiger partial charge in [-0.2, -0.15) is 0 Å². The molecule has 2 aromatic rings. The van der Waals surface area contributed by atoms with Gasteiger partial charge in [0.15, 0.2) is 0 Å². The first-order chi connectivity index (χ1) is 14.2. The Kier molecular flexibility index (Phi) is 6.80. The van der Waals surface area contributed by atoms with E-state index in [1.54, 1.807) is 4.57 Å². The van der Waals surface area contributed by atoms with Crippen LogP contribution in [0.5, 0.6) is 0 Å². The summed E-state index contributed by atoms with van der Waals surface area (Å²) in [6.45, 7) is 7.15. The molecule has 0 amide bonds. The molecule has 2 aliphatic heterocycles. The van der Waals surface area contributed by atoms with Gasteiger partial charge in [0.05, 0.1) is 6.10 Å². The summed E-state index contributed by atoms with van der Waals surface area (Å²) in [5.74, 6) is 0.504. The van der Waals surface area contributed by atoms with E-state index in [0.29, 0.717) is 5.92 Å². The topological polar surface area (TPSA) is 37.7 Å². The molecule has 0 aliphatic carbocycles. The number of rotatable bonds is 5. The molecule has 5 heteroatoms. The van der Waals surface area contributed by atoms with Gasteiger partial charge in [0, 0.05) is 52.1 Å². The second kappa shape index (κ2) is 9.70. The maximum atomic E-state index is 11.9. The lowest BCUT2D eigenvalue weighted by Crippen LogP contribution is -2.43. The van der Waals surface area contributed by atoms with E-state index in [2.05, 4.69) is 46.2 Å². The van der Waals surface area contributed by atoms with E-state index < -0.39 is 0 Å². The van der Waals surface area contributed by atoms with Crippen LogP contribution in [0.15, 0.2) is 53.5 Å². The van der Waals surface area contributed by atoms with Crippen LogP contribution in [0.3, 0.4) is 0 Å². The van der Waals surface area contributed by atoms with E-state index in [1.807, 2.05) is 19.3 Å². The van der Waals surface area contributed by atoms with Crippen LogP contribution in [0.4, 0.5) is 0 Å². The van der Waals surface area contributed by atoms with Gasteiger partial charge in [0.1, 0.15) is 0 Å². The minimum Gasteiger partial charge on any atom is -0.376 e. The first-order valence-corrected chi connectivity index (χ1v) is 10.9. The third-order valence-corrected chi connectivity index (χ3v) is 6.33. The molecule has 0 radical (unpaired) electrons.